The molecule has 0 heterocycles. The molecule has 0 spiro atoms. The van der Waals surface area contributed by atoms with E-state index in [0.717, 1.165) is 0 Å². The molecule has 1 aromatic rings. The van der Waals surface area contributed by atoms with Crippen LogP contribution in [0.15, 0.2) is 23.1 Å². The Morgan fingerprint density at radius 3 is 1.95 bits per heavy atom. The van der Waals surface area contributed by atoms with E-state index in [4.69, 9.17) is 10.7 Å². The van der Waals surface area contributed by atoms with Crippen LogP contribution in [0, 0.1) is 0 Å². The van der Waals surface area contributed by atoms with E-state index in [1.165, 1.54) is 0 Å². The lowest BCUT2D eigenvalue weighted by Crippen LogP contribution is -2.19. The zero-order valence-electron chi connectivity index (χ0n) is 8.51. The summed E-state index contributed by atoms with van der Waals surface area (Å²) < 4.78 is 98.1. The summed E-state index contributed by atoms with van der Waals surface area (Å²) in [6, 6.07) is 0.432. The first kappa shape index (κ1) is 15.9. The molecule has 3 nitrogen and oxygen atoms in total. The van der Waals surface area contributed by atoms with Gasteiger partial charge in [-0.15, -0.1) is 13.2 Å². The van der Waals surface area contributed by atoms with E-state index < -0.39 is 37.8 Å². The molecule has 1 rings (SSSR count). The molecule has 19 heavy (non-hydrogen) atoms. The predicted octanol–water partition coefficient (Wildman–Crippen LogP) is 3.53. The van der Waals surface area contributed by atoms with Crippen molar-refractivity contribution in [2.24, 2.45) is 0 Å². The fraction of sp³-hybridized carbons (Fsp3) is 0.250. The Bertz CT molecular complexity index is 577. The molecule has 0 saturated heterocycles. The number of rotatable bonds is 2. The Kier molecular flexibility index (Phi) is 3.97. The van der Waals surface area contributed by atoms with Crippen molar-refractivity contribution in [3.8, 4) is 5.75 Å². The van der Waals surface area contributed by atoms with Crippen LogP contribution < -0.4 is 4.74 Å². The van der Waals surface area contributed by atoms with E-state index in [-0.39, 0.29) is 18.2 Å². The highest BCUT2D eigenvalue weighted by molar-refractivity contribution is 8.13. The van der Waals surface area contributed by atoms with Crippen LogP contribution in [0.4, 0.5) is 26.3 Å². The van der Waals surface area contributed by atoms with Crippen molar-refractivity contribution in [2.75, 3.05) is 0 Å². The number of ether oxygens (including phenoxy) is 1. The predicted molar refractivity (Wildman–Crippen MR) is 51.2 cm³/mol. The minimum atomic E-state index is -5.27. The van der Waals surface area contributed by atoms with Crippen LogP contribution in [-0.2, 0) is 15.2 Å². The van der Waals surface area contributed by atoms with E-state index >= 15 is 0 Å². The third kappa shape index (κ3) is 4.46. The van der Waals surface area contributed by atoms with Gasteiger partial charge in [0.2, 0.25) is 0 Å². The van der Waals surface area contributed by atoms with Gasteiger partial charge >= 0.3 is 12.5 Å². The Hall–Kier alpha value is -1.16. The first-order chi connectivity index (χ1) is 8.31. The maximum Gasteiger partial charge on any atom is 0.573 e. The van der Waals surface area contributed by atoms with Crippen molar-refractivity contribution < 1.29 is 39.5 Å². The first-order valence-corrected chi connectivity index (χ1v) is 6.53. The molecule has 0 fully saturated rings. The van der Waals surface area contributed by atoms with Gasteiger partial charge in [0, 0.05) is 10.7 Å². The molecule has 0 aliphatic heterocycles. The zero-order valence-corrected chi connectivity index (χ0v) is 10.1. The molecule has 0 saturated carbocycles. The van der Waals surface area contributed by atoms with Gasteiger partial charge in [0.25, 0.3) is 9.05 Å². The lowest BCUT2D eigenvalue weighted by molar-refractivity contribution is -0.275. The highest BCUT2D eigenvalue weighted by Gasteiger charge is 2.36. The molecule has 108 valence electrons. The highest BCUT2D eigenvalue weighted by Crippen LogP contribution is 2.37. The monoisotopic (exact) mass is 328 g/mol. The topological polar surface area (TPSA) is 43.4 Å². The number of benzene rings is 1. The van der Waals surface area contributed by atoms with Crippen LogP contribution in [0.5, 0.6) is 5.75 Å². The molecule has 0 aromatic heterocycles. The lowest BCUT2D eigenvalue weighted by atomic mass is 10.2. The summed E-state index contributed by atoms with van der Waals surface area (Å²) in [7, 11) is -0.0693. The van der Waals surface area contributed by atoms with Gasteiger partial charge in [0.1, 0.15) is 10.6 Å². The minimum absolute atomic E-state index is 0.0383. The molecular formula is C8H3ClF6O3S. The van der Waals surface area contributed by atoms with Crippen LogP contribution >= 0.6 is 10.7 Å². The van der Waals surface area contributed by atoms with E-state index in [0.29, 0.717) is 0 Å². The summed E-state index contributed by atoms with van der Waals surface area (Å²) in [5.41, 5.74) is -1.47. The van der Waals surface area contributed by atoms with Crippen molar-refractivity contribution in [1.82, 2.24) is 0 Å². The maximum absolute atomic E-state index is 12.3. The number of alkyl halides is 6. The first-order valence-electron chi connectivity index (χ1n) is 4.22. The van der Waals surface area contributed by atoms with Crippen LogP contribution in [0.25, 0.3) is 0 Å². The maximum atomic E-state index is 12.3. The summed E-state index contributed by atoms with van der Waals surface area (Å²) in [5, 5.41) is 0. The minimum Gasteiger partial charge on any atom is -0.404 e. The molecule has 0 N–H and O–H groups in total. The normalized spacial score (nSPS) is 13.4. The van der Waals surface area contributed by atoms with Crippen molar-refractivity contribution in [1.29, 1.82) is 0 Å². The Morgan fingerprint density at radius 1 is 1.05 bits per heavy atom. The van der Waals surface area contributed by atoms with Crippen molar-refractivity contribution >= 4 is 19.7 Å². The van der Waals surface area contributed by atoms with Crippen molar-refractivity contribution in [3.05, 3.63) is 23.8 Å². The summed E-state index contributed by atoms with van der Waals surface area (Å²) in [6.45, 7) is 0. The third-order valence-corrected chi connectivity index (χ3v) is 3.10. The number of hydrogen-bond donors (Lipinski definition) is 0. The molecule has 0 aliphatic rings. The molecular weight excluding hydrogens is 326 g/mol. The van der Waals surface area contributed by atoms with Crippen LogP contribution in [0.3, 0.4) is 0 Å². The van der Waals surface area contributed by atoms with Gasteiger partial charge in [-0.2, -0.15) is 13.2 Å². The summed E-state index contributed by atoms with van der Waals surface area (Å²) in [5.74, 6) is -1.34. The summed E-state index contributed by atoms with van der Waals surface area (Å²) >= 11 is 0. The number of hydrogen-bond acceptors (Lipinski definition) is 3. The van der Waals surface area contributed by atoms with Gasteiger partial charge in [0.15, 0.2) is 0 Å². The molecule has 0 amide bonds. The van der Waals surface area contributed by atoms with Crippen molar-refractivity contribution in [3.63, 3.8) is 0 Å². The van der Waals surface area contributed by atoms with E-state index in [1.54, 1.807) is 0 Å². The Labute approximate surface area is 107 Å². The van der Waals surface area contributed by atoms with Crippen LogP contribution in [0.2, 0.25) is 0 Å². The second kappa shape index (κ2) is 4.75. The average Bonchev–Trinajstić information content (AvgIpc) is 2.11. The average molecular weight is 329 g/mol. The molecule has 11 heteroatoms. The largest absolute Gasteiger partial charge is 0.573 e. The third-order valence-electron chi connectivity index (χ3n) is 1.76. The SMILES string of the molecule is O=S(=O)(Cl)c1cc(C(F)(F)F)ccc1OC(F)(F)F. The van der Waals surface area contributed by atoms with Crippen LogP contribution in [-0.4, -0.2) is 14.8 Å². The smallest absolute Gasteiger partial charge is 0.404 e. The van der Waals surface area contributed by atoms with Crippen molar-refractivity contribution in [2.45, 2.75) is 17.4 Å². The van der Waals surface area contributed by atoms with Crippen LogP contribution in [0.1, 0.15) is 5.56 Å². The van der Waals surface area contributed by atoms with E-state index in [9.17, 15) is 34.8 Å². The second-order valence-electron chi connectivity index (χ2n) is 3.14. The zero-order chi connectivity index (χ0) is 15.1. The van der Waals surface area contributed by atoms with E-state index in [1.807, 2.05) is 0 Å². The summed E-state index contributed by atoms with van der Waals surface area (Å²) in [6.07, 6.45) is -10.2. The van der Waals surface area contributed by atoms with Gasteiger partial charge in [-0.3, -0.25) is 0 Å². The lowest BCUT2D eigenvalue weighted by Gasteiger charge is -2.13. The van der Waals surface area contributed by atoms with Gasteiger partial charge in [0.05, 0.1) is 5.56 Å². The van der Waals surface area contributed by atoms with Gasteiger partial charge < -0.3 is 4.74 Å². The Morgan fingerprint density at radius 2 is 1.58 bits per heavy atom. The fourth-order valence-electron chi connectivity index (χ4n) is 1.08. The molecule has 0 atom stereocenters. The molecule has 0 unspecified atom stereocenters. The standard InChI is InChI=1S/C8H3ClF6O3S/c9-19(16,17)6-3-4(7(10,11)12)1-2-5(6)18-8(13,14)15/h1-3H. The molecule has 1 aromatic carbocycles. The van der Waals surface area contributed by atoms with Gasteiger partial charge in [-0.25, -0.2) is 8.42 Å². The summed E-state index contributed by atoms with van der Waals surface area (Å²) in [4.78, 5) is -1.42. The molecule has 0 radical (unpaired) electrons. The quantitative estimate of drug-likeness (QED) is 0.616. The van der Waals surface area contributed by atoms with Gasteiger partial charge in [-0.1, -0.05) is 0 Å². The van der Waals surface area contributed by atoms with E-state index in [2.05, 4.69) is 4.74 Å². The number of halogens is 7. The highest BCUT2D eigenvalue weighted by atomic mass is 35.7. The second-order valence-corrected chi connectivity index (χ2v) is 5.68. The molecule has 0 bridgehead atoms. The van der Waals surface area contributed by atoms with Gasteiger partial charge in [-0.05, 0) is 18.2 Å². The molecule has 0 aliphatic carbocycles. The Balaban J connectivity index is 3.43. The fourth-order valence-corrected chi connectivity index (χ4v) is 2.06.